The van der Waals surface area contributed by atoms with Crippen LogP contribution in [0.25, 0.3) is 21.0 Å². The number of fused-ring (bicyclic) bond motifs is 3. The van der Waals surface area contributed by atoms with Gasteiger partial charge in [0.2, 0.25) is 0 Å². The molecule has 0 aliphatic carbocycles. The highest BCUT2D eigenvalue weighted by Gasteiger charge is 2.12. The number of anilines is 1. The van der Waals surface area contributed by atoms with Crippen molar-refractivity contribution < 1.29 is 9.53 Å². The van der Waals surface area contributed by atoms with Crippen molar-refractivity contribution >= 4 is 43.4 Å². The number of nitrogens with two attached hydrogens (primary N) is 1. The number of benzene rings is 1. The Hall–Kier alpha value is -2.54. The second-order valence-electron chi connectivity index (χ2n) is 4.31. The van der Waals surface area contributed by atoms with Crippen LogP contribution in [0.2, 0.25) is 0 Å². The van der Waals surface area contributed by atoms with E-state index in [1.165, 1.54) is 17.5 Å². The van der Waals surface area contributed by atoms with Gasteiger partial charge in [-0.1, -0.05) is 11.3 Å². The van der Waals surface area contributed by atoms with Crippen LogP contribution < -0.4 is 11.3 Å². The number of ether oxygens (including phenoxy) is 1. The van der Waals surface area contributed by atoms with Crippen molar-refractivity contribution in [3.05, 3.63) is 40.3 Å². The molecule has 3 aromatic rings. The molecule has 2 N–H and O–H groups in total. The Bertz CT molecular complexity index is 920. The molecule has 1 aromatic carbocycles. The summed E-state index contributed by atoms with van der Waals surface area (Å²) in [7, 11) is 0. The molecular formula is C14H11N3O3S. The molecule has 0 saturated carbocycles. The second-order valence-corrected chi connectivity index (χ2v) is 5.34. The number of esters is 1. The zero-order valence-corrected chi connectivity index (χ0v) is 11.9. The van der Waals surface area contributed by atoms with Gasteiger partial charge in [-0.25, -0.2) is 4.79 Å². The molecule has 0 aliphatic rings. The van der Waals surface area contributed by atoms with E-state index in [0.717, 1.165) is 0 Å². The van der Waals surface area contributed by atoms with Crippen LogP contribution in [0, 0.1) is 0 Å². The minimum Gasteiger partial charge on any atom is -0.462 e. The molecule has 2 heterocycles. The Balaban J connectivity index is 2.34. The third kappa shape index (κ3) is 2.31. The smallest absolute Gasteiger partial charge is 0.338 e. The van der Waals surface area contributed by atoms with Crippen LogP contribution in [0.4, 0.5) is 5.13 Å². The van der Waals surface area contributed by atoms with Gasteiger partial charge < -0.3 is 10.5 Å². The van der Waals surface area contributed by atoms with Gasteiger partial charge in [0.05, 0.1) is 27.8 Å². The number of nitrogens with zero attached hydrogens (tertiary/aromatic N) is 2. The lowest BCUT2D eigenvalue weighted by Gasteiger charge is -2.05. The first kappa shape index (κ1) is 13.4. The van der Waals surface area contributed by atoms with E-state index in [2.05, 4.69) is 9.97 Å². The Labute approximate surface area is 123 Å². The molecule has 0 saturated heterocycles. The molecule has 0 unspecified atom stereocenters. The van der Waals surface area contributed by atoms with Crippen LogP contribution in [-0.4, -0.2) is 22.5 Å². The summed E-state index contributed by atoms with van der Waals surface area (Å²) in [6.45, 7) is 2.04. The van der Waals surface area contributed by atoms with Crippen LogP contribution in [0.1, 0.15) is 17.3 Å². The lowest BCUT2D eigenvalue weighted by atomic mass is 10.1. The number of rotatable bonds is 2. The number of aromatic nitrogens is 2. The summed E-state index contributed by atoms with van der Waals surface area (Å²) in [5.41, 5.74) is 6.33. The van der Waals surface area contributed by atoms with Gasteiger partial charge in [-0.15, -0.1) is 0 Å². The molecule has 21 heavy (non-hydrogen) atoms. The van der Waals surface area contributed by atoms with Crippen molar-refractivity contribution in [2.45, 2.75) is 6.92 Å². The van der Waals surface area contributed by atoms with Gasteiger partial charge in [0, 0.05) is 11.6 Å². The summed E-state index contributed by atoms with van der Waals surface area (Å²) < 4.78 is 5.65. The summed E-state index contributed by atoms with van der Waals surface area (Å²) in [6, 6.07) is 5.03. The summed E-state index contributed by atoms with van der Waals surface area (Å²) in [4.78, 5) is 31.6. The fraction of sp³-hybridized carbons (Fsp3) is 0.143. The third-order valence-electron chi connectivity index (χ3n) is 2.98. The number of hydrogen-bond donors (Lipinski definition) is 1. The van der Waals surface area contributed by atoms with Gasteiger partial charge in [0.15, 0.2) is 5.13 Å². The van der Waals surface area contributed by atoms with Crippen molar-refractivity contribution in [3.8, 4) is 0 Å². The van der Waals surface area contributed by atoms with E-state index in [1.807, 2.05) is 0 Å². The molecule has 0 aliphatic heterocycles. The number of nitrogen functional groups attached to an aromatic ring is 1. The van der Waals surface area contributed by atoms with E-state index < -0.39 is 11.5 Å². The average Bonchev–Trinajstić information content (AvgIpc) is 2.46. The van der Waals surface area contributed by atoms with Gasteiger partial charge in [-0.3, -0.25) is 9.78 Å². The largest absolute Gasteiger partial charge is 0.462 e. The van der Waals surface area contributed by atoms with Crippen LogP contribution in [0.3, 0.4) is 0 Å². The fourth-order valence-corrected chi connectivity index (χ4v) is 2.92. The normalized spacial score (nSPS) is 10.9. The molecule has 0 fully saturated rings. The van der Waals surface area contributed by atoms with Gasteiger partial charge in [-0.2, -0.15) is 4.98 Å². The summed E-state index contributed by atoms with van der Waals surface area (Å²) in [5, 5.41) is 1.26. The fourth-order valence-electron chi connectivity index (χ4n) is 2.06. The Morgan fingerprint density at radius 3 is 2.95 bits per heavy atom. The van der Waals surface area contributed by atoms with Crippen LogP contribution >= 0.6 is 11.3 Å². The Morgan fingerprint density at radius 2 is 2.19 bits per heavy atom. The molecule has 0 bridgehead atoms. The van der Waals surface area contributed by atoms with Gasteiger partial charge in [0.25, 0.3) is 5.56 Å². The highest BCUT2D eigenvalue weighted by molar-refractivity contribution is 7.22. The molecule has 0 amide bonds. The summed E-state index contributed by atoms with van der Waals surface area (Å²) >= 11 is 1.19. The monoisotopic (exact) mass is 301 g/mol. The third-order valence-corrected chi connectivity index (χ3v) is 3.92. The number of pyridine rings is 1. The summed E-state index contributed by atoms with van der Waals surface area (Å²) in [6.07, 6.45) is 1.48. The van der Waals surface area contributed by atoms with Gasteiger partial charge in [-0.05, 0) is 25.1 Å². The van der Waals surface area contributed by atoms with Crippen LogP contribution in [-0.2, 0) is 4.74 Å². The first-order chi connectivity index (χ1) is 10.1. The van der Waals surface area contributed by atoms with Crippen molar-refractivity contribution in [1.82, 2.24) is 9.97 Å². The zero-order valence-electron chi connectivity index (χ0n) is 11.1. The van der Waals surface area contributed by atoms with Crippen molar-refractivity contribution in [3.63, 3.8) is 0 Å². The standard InChI is InChI=1S/C14H11N3O3S/c1-2-20-13(19)7-3-4-10-8(5-7)11-9(6-16-10)12(18)17-14(15)21-11/h3-6H,2H2,1H3,(H2,15,17,18). The number of hydrogen-bond acceptors (Lipinski definition) is 7. The maximum absolute atomic E-state index is 11.8. The van der Waals surface area contributed by atoms with Gasteiger partial charge in [0.1, 0.15) is 0 Å². The van der Waals surface area contributed by atoms with Crippen molar-refractivity contribution in [2.75, 3.05) is 12.3 Å². The van der Waals surface area contributed by atoms with Crippen LogP contribution in [0.5, 0.6) is 0 Å². The Kier molecular flexibility index (Phi) is 3.26. The van der Waals surface area contributed by atoms with E-state index in [9.17, 15) is 9.59 Å². The molecule has 6 nitrogen and oxygen atoms in total. The van der Waals surface area contributed by atoms with E-state index in [4.69, 9.17) is 10.5 Å². The maximum atomic E-state index is 11.8. The molecule has 7 heteroatoms. The molecule has 0 atom stereocenters. The average molecular weight is 301 g/mol. The molecule has 0 radical (unpaired) electrons. The topological polar surface area (TPSA) is 95.2 Å². The first-order valence-corrected chi connectivity index (χ1v) is 7.08. The van der Waals surface area contributed by atoms with E-state index in [0.29, 0.717) is 33.2 Å². The van der Waals surface area contributed by atoms with Gasteiger partial charge >= 0.3 is 5.97 Å². The minimum absolute atomic E-state index is 0.182. The highest BCUT2D eigenvalue weighted by Crippen LogP contribution is 2.27. The quantitative estimate of drug-likeness (QED) is 0.574. The zero-order chi connectivity index (χ0) is 15.0. The first-order valence-electron chi connectivity index (χ1n) is 6.26. The molecule has 106 valence electrons. The minimum atomic E-state index is -0.419. The summed E-state index contributed by atoms with van der Waals surface area (Å²) in [5.74, 6) is -0.411. The predicted octanol–water partition coefficient (Wildman–Crippen LogP) is 1.96. The second kappa shape index (κ2) is 5.10. The Morgan fingerprint density at radius 1 is 1.38 bits per heavy atom. The maximum Gasteiger partial charge on any atom is 0.338 e. The molecular weight excluding hydrogens is 290 g/mol. The molecule has 2 aromatic heterocycles. The SMILES string of the molecule is CCOC(=O)c1ccc2ncc3c(=O)nc(N)sc3c2c1. The van der Waals surface area contributed by atoms with Crippen molar-refractivity contribution in [2.24, 2.45) is 0 Å². The van der Waals surface area contributed by atoms with Crippen molar-refractivity contribution in [1.29, 1.82) is 0 Å². The molecule has 0 spiro atoms. The van der Waals surface area contributed by atoms with Crippen LogP contribution in [0.15, 0.2) is 29.2 Å². The van der Waals surface area contributed by atoms with E-state index in [1.54, 1.807) is 25.1 Å². The van der Waals surface area contributed by atoms with E-state index >= 15 is 0 Å². The predicted molar refractivity (Wildman–Crippen MR) is 81.6 cm³/mol. The lowest BCUT2D eigenvalue weighted by molar-refractivity contribution is 0.0526. The van der Waals surface area contributed by atoms with E-state index in [-0.39, 0.29) is 5.13 Å². The highest BCUT2D eigenvalue weighted by atomic mass is 32.1. The number of carbonyl (C=O) groups is 1. The number of carbonyl (C=O) groups excluding carboxylic acids is 1. The molecule has 3 rings (SSSR count). The lowest BCUT2D eigenvalue weighted by Crippen LogP contribution is -2.08.